The molecule has 0 bridgehead atoms. The van der Waals surface area contributed by atoms with Gasteiger partial charge in [0.2, 0.25) is 12.0 Å². The lowest BCUT2D eigenvalue weighted by molar-refractivity contribution is -0.125. The van der Waals surface area contributed by atoms with Gasteiger partial charge in [-0.2, -0.15) is 10.4 Å². The molecule has 1 atom stereocenters. The van der Waals surface area contributed by atoms with Crippen LogP contribution >= 0.6 is 0 Å². The average molecular weight is 716 g/mol. The summed E-state index contributed by atoms with van der Waals surface area (Å²) in [6.07, 6.45) is 2.97. The highest BCUT2D eigenvalue weighted by atomic mass is 28.4. The lowest BCUT2D eigenvalue weighted by atomic mass is 10.2. The standard InChI is InChI=1S/C39H38FN7O4Si/c1-27-32(40)16-11-17-33(27)47-36-31(24-45-47)38(44-26-43-36)51-34(37(48)46-35-19-18-28(22-41)23-42-35)25-49-20-21-50-52(39(2,3)4,29-12-7-5-8-13-29)30-14-9-6-10-15-30/h5-19,23-24,26,34H,20-21,25H2,1-4H3,(H,42,46,48). The number of anilines is 1. The minimum Gasteiger partial charge on any atom is -0.461 e. The lowest BCUT2D eigenvalue weighted by Gasteiger charge is -2.43. The minimum atomic E-state index is -2.80. The Labute approximate surface area is 302 Å². The fraction of sp³-hybridized carbons (Fsp3) is 0.231. The first-order valence-corrected chi connectivity index (χ1v) is 18.6. The van der Waals surface area contributed by atoms with Gasteiger partial charge >= 0.3 is 0 Å². The molecule has 13 heteroatoms. The summed E-state index contributed by atoms with van der Waals surface area (Å²) in [4.78, 5) is 26.5. The molecule has 0 fully saturated rings. The van der Waals surface area contributed by atoms with Crippen LogP contribution in [0.2, 0.25) is 5.04 Å². The van der Waals surface area contributed by atoms with E-state index in [2.05, 4.69) is 70.4 Å². The zero-order chi connectivity index (χ0) is 36.7. The molecule has 3 aromatic heterocycles. The molecular weight excluding hydrogens is 678 g/mol. The van der Waals surface area contributed by atoms with Crippen molar-refractivity contribution in [3.05, 3.63) is 127 Å². The Hall–Kier alpha value is -5.81. The smallest absolute Gasteiger partial charge is 0.269 e. The molecule has 1 N–H and O–H groups in total. The highest BCUT2D eigenvalue weighted by molar-refractivity contribution is 6.99. The third-order valence-electron chi connectivity index (χ3n) is 8.72. The topological polar surface area (TPSA) is 137 Å². The second kappa shape index (κ2) is 15.6. The van der Waals surface area contributed by atoms with Gasteiger partial charge in [0.05, 0.1) is 37.3 Å². The van der Waals surface area contributed by atoms with E-state index in [0.717, 1.165) is 10.4 Å². The second-order valence-corrected chi connectivity index (χ2v) is 17.4. The number of fused-ring (bicyclic) bond motifs is 1. The quantitative estimate of drug-likeness (QED) is 0.121. The maximum atomic E-state index is 14.4. The molecule has 3 heterocycles. The molecule has 0 saturated carbocycles. The summed E-state index contributed by atoms with van der Waals surface area (Å²) in [5.41, 5.74) is 1.62. The number of nitrogens with zero attached hydrogens (tertiary/aromatic N) is 6. The molecule has 0 saturated heterocycles. The van der Waals surface area contributed by atoms with Gasteiger partial charge < -0.3 is 19.2 Å². The van der Waals surface area contributed by atoms with Gasteiger partial charge in [0.1, 0.15) is 29.4 Å². The Morgan fingerprint density at radius 1 is 0.923 bits per heavy atom. The first-order chi connectivity index (χ1) is 25.1. The highest BCUT2D eigenvalue weighted by Gasteiger charge is 2.50. The van der Waals surface area contributed by atoms with E-state index in [4.69, 9.17) is 19.2 Å². The fourth-order valence-corrected chi connectivity index (χ4v) is 10.7. The first-order valence-electron chi connectivity index (χ1n) is 16.7. The maximum absolute atomic E-state index is 14.4. The Kier molecular flexibility index (Phi) is 10.8. The SMILES string of the molecule is Cc1c(F)cccc1-n1ncc2c(OC(COCCO[Si](c3ccccc3)(c3ccccc3)C(C)(C)C)C(=O)Nc3ccc(C#N)cn3)ncnc21. The van der Waals surface area contributed by atoms with Crippen molar-refractivity contribution in [1.82, 2.24) is 24.7 Å². The summed E-state index contributed by atoms with van der Waals surface area (Å²) in [5, 5.41) is 18.8. The molecule has 11 nitrogen and oxygen atoms in total. The summed E-state index contributed by atoms with van der Waals surface area (Å²) >= 11 is 0. The number of halogens is 1. The number of nitriles is 1. The van der Waals surface area contributed by atoms with Crippen LogP contribution in [-0.4, -0.2) is 64.9 Å². The number of nitrogens with one attached hydrogen (secondary N) is 1. The number of amides is 1. The summed E-state index contributed by atoms with van der Waals surface area (Å²) in [7, 11) is -2.80. The number of pyridine rings is 1. The van der Waals surface area contributed by atoms with Crippen molar-refractivity contribution in [3.63, 3.8) is 0 Å². The molecule has 6 aromatic rings. The zero-order valence-corrected chi connectivity index (χ0v) is 30.3. The average Bonchev–Trinajstić information content (AvgIpc) is 3.59. The van der Waals surface area contributed by atoms with Gasteiger partial charge in [-0.1, -0.05) is 87.5 Å². The molecule has 0 aliphatic heterocycles. The minimum absolute atomic E-state index is 0.0883. The number of carbonyl (C=O) groups is 1. The number of aromatic nitrogens is 5. The van der Waals surface area contributed by atoms with E-state index in [1.807, 2.05) is 42.5 Å². The van der Waals surface area contributed by atoms with Gasteiger partial charge in [-0.3, -0.25) is 4.79 Å². The Morgan fingerprint density at radius 2 is 1.63 bits per heavy atom. The molecule has 6 rings (SSSR count). The third kappa shape index (κ3) is 7.45. The predicted octanol–water partition coefficient (Wildman–Crippen LogP) is 5.51. The predicted molar refractivity (Wildman–Crippen MR) is 198 cm³/mol. The van der Waals surface area contributed by atoms with Crippen molar-refractivity contribution in [2.24, 2.45) is 0 Å². The first kappa shape index (κ1) is 36.0. The largest absolute Gasteiger partial charge is 0.461 e. The van der Waals surface area contributed by atoms with Crippen molar-refractivity contribution in [3.8, 4) is 17.6 Å². The van der Waals surface area contributed by atoms with Gasteiger partial charge in [-0.05, 0) is 46.6 Å². The number of ether oxygens (including phenoxy) is 2. The summed E-state index contributed by atoms with van der Waals surface area (Å²) in [6.45, 7) is 8.53. The van der Waals surface area contributed by atoms with Crippen molar-refractivity contribution in [2.45, 2.75) is 38.8 Å². The van der Waals surface area contributed by atoms with E-state index in [1.54, 1.807) is 25.1 Å². The van der Waals surface area contributed by atoms with E-state index in [9.17, 15) is 9.18 Å². The van der Waals surface area contributed by atoms with Crippen molar-refractivity contribution >= 4 is 41.4 Å². The molecule has 3 aromatic carbocycles. The molecule has 1 amide bonds. The Balaban J connectivity index is 1.24. The summed E-state index contributed by atoms with van der Waals surface area (Å²) in [5.74, 6) is -0.610. The van der Waals surface area contributed by atoms with E-state index in [0.29, 0.717) is 27.8 Å². The van der Waals surface area contributed by atoms with Gasteiger partial charge in [0.15, 0.2) is 5.65 Å². The summed E-state index contributed by atoms with van der Waals surface area (Å²) < 4.78 is 35.2. The molecule has 0 radical (unpaired) electrons. The second-order valence-electron chi connectivity index (χ2n) is 13.1. The Bertz CT molecular complexity index is 2150. The lowest BCUT2D eigenvalue weighted by Crippen LogP contribution is -2.66. The highest BCUT2D eigenvalue weighted by Crippen LogP contribution is 2.36. The Morgan fingerprint density at radius 3 is 2.27 bits per heavy atom. The van der Waals surface area contributed by atoms with Crippen LogP contribution in [0.1, 0.15) is 31.9 Å². The van der Waals surface area contributed by atoms with Crippen LogP contribution in [0.15, 0.2) is 110 Å². The van der Waals surface area contributed by atoms with Crippen LogP contribution in [0, 0.1) is 24.1 Å². The number of rotatable bonds is 13. The monoisotopic (exact) mass is 715 g/mol. The van der Waals surface area contributed by atoms with Gasteiger partial charge in [0.25, 0.3) is 14.2 Å². The third-order valence-corrected chi connectivity index (χ3v) is 13.8. The number of benzene rings is 3. The van der Waals surface area contributed by atoms with E-state index >= 15 is 0 Å². The molecule has 0 aliphatic carbocycles. The maximum Gasteiger partial charge on any atom is 0.269 e. The van der Waals surface area contributed by atoms with Crippen LogP contribution in [0.5, 0.6) is 5.88 Å². The zero-order valence-electron chi connectivity index (χ0n) is 29.3. The van der Waals surface area contributed by atoms with Crippen LogP contribution < -0.4 is 20.4 Å². The molecule has 1 unspecified atom stereocenters. The molecule has 0 aliphatic rings. The molecule has 0 spiro atoms. The van der Waals surface area contributed by atoms with Gasteiger partial charge in [-0.25, -0.2) is 24.0 Å². The molecular formula is C39H38FN7O4Si. The summed E-state index contributed by atoms with van der Waals surface area (Å²) in [6, 6.07) is 30.4. The number of hydrogen-bond acceptors (Lipinski definition) is 9. The van der Waals surface area contributed by atoms with Crippen LogP contribution in [0.25, 0.3) is 16.7 Å². The number of hydrogen-bond donors (Lipinski definition) is 1. The van der Waals surface area contributed by atoms with Gasteiger partial charge in [0, 0.05) is 11.8 Å². The van der Waals surface area contributed by atoms with Gasteiger partial charge in [-0.15, -0.1) is 0 Å². The van der Waals surface area contributed by atoms with Crippen molar-refractivity contribution < 1.29 is 23.1 Å². The van der Waals surface area contributed by atoms with E-state index in [-0.39, 0.29) is 42.4 Å². The van der Waals surface area contributed by atoms with Crippen molar-refractivity contribution in [1.29, 1.82) is 5.26 Å². The van der Waals surface area contributed by atoms with E-state index in [1.165, 1.54) is 35.5 Å². The fourth-order valence-electron chi connectivity index (χ4n) is 6.16. The number of carbonyl (C=O) groups excluding carboxylic acids is 1. The molecule has 52 heavy (non-hydrogen) atoms. The molecule has 264 valence electrons. The van der Waals surface area contributed by atoms with Crippen LogP contribution in [0.4, 0.5) is 10.2 Å². The van der Waals surface area contributed by atoms with E-state index < -0.39 is 20.3 Å². The van der Waals surface area contributed by atoms with Crippen molar-refractivity contribution in [2.75, 3.05) is 25.1 Å². The van der Waals surface area contributed by atoms with Crippen LogP contribution in [-0.2, 0) is 14.0 Å². The normalized spacial score (nSPS) is 12.3. The van der Waals surface area contributed by atoms with Crippen LogP contribution in [0.3, 0.4) is 0 Å².